The van der Waals surface area contributed by atoms with Crippen molar-refractivity contribution in [2.45, 2.75) is 0 Å². The fourth-order valence-corrected chi connectivity index (χ4v) is 7.99. The highest BCUT2D eigenvalue weighted by molar-refractivity contribution is 6.22. The van der Waals surface area contributed by atoms with Gasteiger partial charge in [0.2, 0.25) is 0 Å². The maximum atomic E-state index is 2.37. The van der Waals surface area contributed by atoms with E-state index in [-0.39, 0.29) is 0 Å². The molecule has 0 N–H and O–H groups in total. The van der Waals surface area contributed by atoms with Crippen LogP contribution in [0.4, 0.5) is 0 Å². The van der Waals surface area contributed by atoms with Crippen LogP contribution >= 0.6 is 0 Å². The van der Waals surface area contributed by atoms with Crippen LogP contribution in [0.25, 0.3) is 98.4 Å². The van der Waals surface area contributed by atoms with Crippen molar-refractivity contribution in [1.29, 1.82) is 0 Å². The molecule has 0 unspecified atom stereocenters. The van der Waals surface area contributed by atoms with Crippen molar-refractivity contribution in [2.75, 3.05) is 0 Å². The highest BCUT2D eigenvalue weighted by Gasteiger charge is 2.19. The van der Waals surface area contributed by atoms with Crippen molar-refractivity contribution >= 4 is 53.9 Å². The van der Waals surface area contributed by atoms with Crippen molar-refractivity contribution < 1.29 is 0 Å². The Morgan fingerprint density at radius 2 is 0.540 bits per heavy atom. The molecule has 50 heavy (non-hydrogen) atoms. The van der Waals surface area contributed by atoms with Gasteiger partial charge in [-0.1, -0.05) is 170 Å². The second-order valence-corrected chi connectivity index (χ2v) is 13.3. The minimum absolute atomic E-state index is 1.23. The molecule has 0 aliphatic carbocycles. The van der Waals surface area contributed by atoms with Gasteiger partial charge in [-0.2, -0.15) is 0 Å². The molecule has 0 atom stereocenters. The van der Waals surface area contributed by atoms with Gasteiger partial charge in [0.1, 0.15) is 0 Å². The van der Waals surface area contributed by atoms with Crippen molar-refractivity contribution in [3.8, 4) is 44.5 Å². The van der Waals surface area contributed by atoms with Crippen LogP contribution in [0.5, 0.6) is 0 Å². The lowest BCUT2D eigenvalue weighted by Crippen LogP contribution is -1.93. The molecule has 0 heteroatoms. The highest BCUT2D eigenvalue weighted by atomic mass is 14.2. The molecule has 0 nitrogen and oxygen atoms in total. The first-order valence-electron chi connectivity index (χ1n) is 17.3. The third-order valence-electron chi connectivity index (χ3n) is 10.4. The number of benzene rings is 10. The van der Waals surface area contributed by atoms with Crippen LogP contribution in [0.1, 0.15) is 0 Å². The Balaban J connectivity index is 1.15. The van der Waals surface area contributed by atoms with Gasteiger partial charge in [0.15, 0.2) is 0 Å². The Morgan fingerprint density at radius 1 is 0.200 bits per heavy atom. The molecule has 10 rings (SSSR count). The molecule has 0 fully saturated rings. The Labute approximate surface area is 291 Å². The van der Waals surface area contributed by atoms with Gasteiger partial charge in [-0.25, -0.2) is 0 Å². The standard InChI is InChI=1S/C50H32/c1-3-13-35-29-37(23-21-33(35)11-1)38-24-25-40-32-42(28-26-39(40)30-38)49-45-17-7-9-19-47(45)50(48-20-10-8-18-46(48)49)44-16-6-5-15-43(44)41-27-22-34-12-2-4-14-36(34)31-41/h1-32H. The Bertz CT molecular complexity index is 2870. The smallest absolute Gasteiger partial charge is 0.00201 e. The Kier molecular flexibility index (Phi) is 6.60. The lowest BCUT2D eigenvalue weighted by Gasteiger charge is -2.20. The largest absolute Gasteiger partial charge is 0.0616 e. The van der Waals surface area contributed by atoms with Crippen LogP contribution in [0.2, 0.25) is 0 Å². The average molecular weight is 633 g/mol. The minimum atomic E-state index is 1.23. The first-order chi connectivity index (χ1) is 24.8. The Morgan fingerprint density at radius 3 is 1.10 bits per heavy atom. The fourth-order valence-electron chi connectivity index (χ4n) is 7.99. The summed E-state index contributed by atoms with van der Waals surface area (Å²) >= 11 is 0. The first kappa shape index (κ1) is 28.5. The van der Waals surface area contributed by atoms with Gasteiger partial charge in [-0.3, -0.25) is 0 Å². The van der Waals surface area contributed by atoms with Crippen LogP contribution in [0, 0.1) is 0 Å². The molecule has 0 amide bonds. The van der Waals surface area contributed by atoms with Crippen LogP contribution in [0.15, 0.2) is 194 Å². The molecule has 0 spiro atoms. The van der Waals surface area contributed by atoms with Crippen molar-refractivity contribution in [3.05, 3.63) is 194 Å². The summed E-state index contributed by atoms with van der Waals surface area (Å²) in [5, 5.41) is 12.6. The summed E-state index contributed by atoms with van der Waals surface area (Å²) in [5.74, 6) is 0. The van der Waals surface area contributed by atoms with E-state index >= 15 is 0 Å². The molecule has 0 aliphatic rings. The Hall–Kier alpha value is -6.50. The van der Waals surface area contributed by atoms with E-state index in [1.165, 1.54) is 98.4 Å². The molecular weight excluding hydrogens is 601 g/mol. The van der Waals surface area contributed by atoms with E-state index < -0.39 is 0 Å². The van der Waals surface area contributed by atoms with E-state index in [1.54, 1.807) is 0 Å². The molecule has 0 heterocycles. The monoisotopic (exact) mass is 632 g/mol. The number of hydrogen-bond donors (Lipinski definition) is 0. The summed E-state index contributed by atoms with van der Waals surface area (Å²) in [6, 6.07) is 71.4. The summed E-state index contributed by atoms with van der Waals surface area (Å²) < 4.78 is 0. The summed E-state index contributed by atoms with van der Waals surface area (Å²) in [4.78, 5) is 0. The summed E-state index contributed by atoms with van der Waals surface area (Å²) in [7, 11) is 0. The number of fused-ring (bicyclic) bond motifs is 5. The number of hydrogen-bond acceptors (Lipinski definition) is 0. The van der Waals surface area contributed by atoms with Gasteiger partial charge in [-0.05, 0) is 123 Å². The normalized spacial score (nSPS) is 11.6. The summed E-state index contributed by atoms with van der Waals surface area (Å²) in [6.07, 6.45) is 0. The molecule has 0 saturated heterocycles. The van der Waals surface area contributed by atoms with Crippen molar-refractivity contribution in [3.63, 3.8) is 0 Å². The van der Waals surface area contributed by atoms with Gasteiger partial charge in [-0.15, -0.1) is 0 Å². The molecule has 0 saturated carbocycles. The third kappa shape index (κ3) is 4.69. The fraction of sp³-hybridized carbons (Fsp3) is 0. The maximum Gasteiger partial charge on any atom is -0.00201 e. The quantitative estimate of drug-likeness (QED) is 0.169. The zero-order chi connectivity index (χ0) is 33.0. The van der Waals surface area contributed by atoms with E-state index in [0.29, 0.717) is 0 Å². The van der Waals surface area contributed by atoms with Gasteiger partial charge >= 0.3 is 0 Å². The van der Waals surface area contributed by atoms with E-state index in [9.17, 15) is 0 Å². The molecule has 0 radical (unpaired) electrons. The van der Waals surface area contributed by atoms with Crippen LogP contribution in [-0.2, 0) is 0 Å². The van der Waals surface area contributed by atoms with Gasteiger partial charge in [0.05, 0.1) is 0 Å². The highest BCUT2D eigenvalue weighted by Crippen LogP contribution is 2.46. The van der Waals surface area contributed by atoms with Crippen molar-refractivity contribution in [1.82, 2.24) is 0 Å². The second-order valence-electron chi connectivity index (χ2n) is 13.3. The molecule has 0 bridgehead atoms. The molecule has 0 aromatic heterocycles. The minimum Gasteiger partial charge on any atom is -0.0616 e. The lowest BCUT2D eigenvalue weighted by molar-refractivity contribution is 1.62. The molecular formula is C50H32. The van der Waals surface area contributed by atoms with Crippen LogP contribution in [0.3, 0.4) is 0 Å². The summed E-state index contributed by atoms with van der Waals surface area (Å²) in [6.45, 7) is 0. The lowest BCUT2D eigenvalue weighted by atomic mass is 9.83. The van der Waals surface area contributed by atoms with Crippen LogP contribution in [-0.4, -0.2) is 0 Å². The SMILES string of the molecule is c1ccc(-c2c3ccccc3c(-c3ccc4cc(-c5ccc6ccccc6c5)ccc4c3)c3ccccc23)c(-c2ccc3ccccc3c2)c1. The molecule has 0 aliphatic heterocycles. The number of rotatable bonds is 4. The average Bonchev–Trinajstić information content (AvgIpc) is 3.19. The van der Waals surface area contributed by atoms with Crippen molar-refractivity contribution in [2.24, 2.45) is 0 Å². The first-order valence-corrected chi connectivity index (χ1v) is 17.3. The van der Waals surface area contributed by atoms with E-state index in [1.807, 2.05) is 0 Å². The topological polar surface area (TPSA) is 0 Å². The zero-order valence-corrected chi connectivity index (χ0v) is 27.5. The van der Waals surface area contributed by atoms with Crippen LogP contribution < -0.4 is 0 Å². The predicted molar refractivity (Wildman–Crippen MR) is 216 cm³/mol. The predicted octanol–water partition coefficient (Wildman–Crippen LogP) is 14.1. The van der Waals surface area contributed by atoms with Gasteiger partial charge in [0.25, 0.3) is 0 Å². The molecule has 10 aromatic carbocycles. The van der Waals surface area contributed by atoms with Gasteiger partial charge in [0, 0.05) is 0 Å². The maximum absolute atomic E-state index is 2.37. The van der Waals surface area contributed by atoms with E-state index in [4.69, 9.17) is 0 Å². The summed E-state index contributed by atoms with van der Waals surface area (Å²) in [5.41, 5.74) is 10.0. The molecule has 232 valence electrons. The third-order valence-corrected chi connectivity index (χ3v) is 10.4. The van der Waals surface area contributed by atoms with E-state index in [2.05, 4.69) is 194 Å². The van der Waals surface area contributed by atoms with Gasteiger partial charge < -0.3 is 0 Å². The zero-order valence-electron chi connectivity index (χ0n) is 27.5. The molecule has 10 aromatic rings. The second kappa shape index (κ2) is 11.6. The van der Waals surface area contributed by atoms with E-state index in [0.717, 1.165) is 0 Å².